The van der Waals surface area contributed by atoms with Crippen molar-refractivity contribution in [1.29, 1.82) is 0 Å². The second kappa shape index (κ2) is 6.91. The molecular formula is C14H18O4. The Labute approximate surface area is 107 Å². The third-order valence-electron chi connectivity index (χ3n) is 2.66. The van der Waals surface area contributed by atoms with Gasteiger partial charge in [-0.2, -0.15) is 0 Å². The number of rotatable bonds is 6. The van der Waals surface area contributed by atoms with Crippen LogP contribution in [-0.4, -0.2) is 26.0 Å². The highest BCUT2D eigenvalue weighted by molar-refractivity contribution is 5.98. The zero-order valence-electron chi connectivity index (χ0n) is 10.9. The predicted octanol–water partition coefficient (Wildman–Crippen LogP) is 2.21. The summed E-state index contributed by atoms with van der Waals surface area (Å²) in [4.78, 5) is 23.2. The van der Waals surface area contributed by atoms with Gasteiger partial charge in [-0.15, -0.1) is 0 Å². The van der Waals surface area contributed by atoms with Crippen LogP contribution in [0.1, 0.15) is 29.3 Å². The summed E-state index contributed by atoms with van der Waals surface area (Å²) in [6.07, 6.45) is 0.156. The molecule has 0 N–H and O–H groups in total. The molecule has 1 aromatic carbocycles. The maximum Gasteiger partial charge on any atom is 0.308 e. The topological polar surface area (TPSA) is 52.6 Å². The van der Waals surface area contributed by atoms with Crippen molar-refractivity contribution >= 4 is 11.8 Å². The van der Waals surface area contributed by atoms with E-state index < -0.39 is 5.92 Å². The van der Waals surface area contributed by atoms with Gasteiger partial charge in [-0.3, -0.25) is 9.59 Å². The van der Waals surface area contributed by atoms with Gasteiger partial charge in [0.05, 0.1) is 19.6 Å². The Balaban J connectivity index is 2.72. The van der Waals surface area contributed by atoms with E-state index in [1.54, 1.807) is 26.2 Å². The Morgan fingerprint density at radius 1 is 1.28 bits per heavy atom. The van der Waals surface area contributed by atoms with Crippen LogP contribution in [0.4, 0.5) is 0 Å². The number of hydrogen-bond acceptors (Lipinski definition) is 4. The zero-order chi connectivity index (χ0) is 13.5. The molecule has 0 saturated carbocycles. The van der Waals surface area contributed by atoms with Crippen molar-refractivity contribution in [3.05, 3.63) is 35.4 Å². The van der Waals surface area contributed by atoms with Crippen molar-refractivity contribution in [3.8, 4) is 0 Å². The van der Waals surface area contributed by atoms with Gasteiger partial charge in [0.15, 0.2) is 5.78 Å². The standard InChI is InChI=1S/C14H18O4/c1-10(14(16)18-3)7-13(15)12-6-4-5-11(8-12)9-17-2/h4-6,8,10H,7,9H2,1-3H3. The molecule has 1 unspecified atom stereocenters. The van der Waals surface area contributed by atoms with E-state index in [-0.39, 0.29) is 18.2 Å². The van der Waals surface area contributed by atoms with Crippen molar-refractivity contribution in [2.45, 2.75) is 20.0 Å². The molecule has 4 heteroatoms. The molecule has 0 aliphatic carbocycles. The van der Waals surface area contributed by atoms with Crippen LogP contribution in [0.2, 0.25) is 0 Å². The van der Waals surface area contributed by atoms with Crippen LogP contribution in [-0.2, 0) is 20.9 Å². The molecule has 1 rings (SSSR count). The van der Waals surface area contributed by atoms with E-state index in [1.807, 2.05) is 12.1 Å². The third-order valence-corrected chi connectivity index (χ3v) is 2.66. The van der Waals surface area contributed by atoms with Gasteiger partial charge in [-0.25, -0.2) is 0 Å². The Morgan fingerprint density at radius 3 is 2.61 bits per heavy atom. The van der Waals surface area contributed by atoms with Crippen LogP contribution < -0.4 is 0 Å². The summed E-state index contributed by atoms with van der Waals surface area (Å²) >= 11 is 0. The largest absolute Gasteiger partial charge is 0.469 e. The number of Topliss-reactive ketones (excluding diaryl/α,β-unsaturated/α-hetero) is 1. The van der Waals surface area contributed by atoms with Gasteiger partial charge in [0, 0.05) is 19.1 Å². The van der Waals surface area contributed by atoms with E-state index in [0.29, 0.717) is 12.2 Å². The fourth-order valence-corrected chi connectivity index (χ4v) is 1.68. The first-order valence-corrected chi connectivity index (χ1v) is 5.77. The van der Waals surface area contributed by atoms with Crippen LogP contribution in [0.15, 0.2) is 24.3 Å². The summed E-state index contributed by atoms with van der Waals surface area (Å²) < 4.78 is 9.61. The lowest BCUT2D eigenvalue weighted by Crippen LogP contribution is -2.17. The van der Waals surface area contributed by atoms with Crippen molar-refractivity contribution in [1.82, 2.24) is 0 Å². The first-order chi connectivity index (χ1) is 8.58. The number of ether oxygens (including phenoxy) is 2. The summed E-state index contributed by atoms with van der Waals surface area (Å²) in [5.41, 5.74) is 1.54. The molecule has 0 aliphatic heterocycles. The van der Waals surface area contributed by atoms with E-state index >= 15 is 0 Å². The van der Waals surface area contributed by atoms with E-state index in [1.165, 1.54) is 7.11 Å². The van der Waals surface area contributed by atoms with Gasteiger partial charge in [0.2, 0.25) is 0 Å². The maximum atomic E-state index is 12.0. The molecule has 0 aliphatic rings. The lowest BCUT2D eigenvalue weighted by atomic mass is 9.99. The first kappa shape index (κ1) is 14.4. The maximum absolute atomic E-state index is 12.0. The monoisotopic (exact) mass is 250 g/mol. The zero-order valence-corrected chi connectivity index (χ0v) is 10.9. The third kappa shape index (κ3) is 3.96. The molecule has 98 valence electrons. The Kier molecular flexibility index (Phi) is 5.52. The minimum absolute atomic E-state index is 0.0640. The molecule has 0 aromatic heterocycles. The molecule has 0 radical (unpaired) electrons. The smallest absolute Gasteiger partial charge is 0.308 e. The van der Waals surface area contributed by atoms with Crippen molar-refractivity contribution in [2.24, 2.45) is 5.92 Å². The Bertz CT molecular complexity index is 426. The summed E-state index contributed by atoms with van der Waals surface area (Å²) in [5.74, 6) is -0.851. The highest BCUT2D eigenvalue weighted by atomic mass is 16.5. The van der Waals surface area contributed by atoms with E-state index in [4.69, 9.17) is 4.74 Å². The van der Waals surface area contributed by atoms with Crippen LogP contribution in [0.5, 0.6) is 0 Å². The van der Waals surface area contributed by atoms with Crippen LogP contribution in [0.25, 0.3) is 0 Å². The molecule has 1 atom stereocenters. The fraction of sp³-hybridized carbons (Fsp3) is 0.429. The number of benzene rings is 1. The highest BCUT2D eigenvalue weighted by Crippen LogP contribution is 2.13. The van der Waals surface area contributed by atoms with Crippen molar-refractivity contribution in [2.75, 3.05) is 14.2 Å². The van der Waals surface area contributed by atoms with Crippen LogP contribution in [0, 0.1) is 5.92 Å². The van der Waals surface area contributed by atoms with Crippen LogP contribution in [0.3, 0.4) is 0 Å². The average molecular weight is 250 g/mol. The van der Waals surface area contributed by atoms with E-state index in [0.717, 1.165) is 5.56 Å². The van der Waals surface area contributed by atoms with E-state index in [2.05, 4.69) is 4.74 Å². The number of ketones is 1. The molecule has 18 heavy (non-hydrogen) atoms. The van der Waals surface area contributed by atoms with Crippen molar-refractivity contribution in [3.63, 3.8) is 0 Å². The van der Waals surface area contributed by atoms with Crippen LogP contribution >= 0.6 is 0 Å². The molecule has 0 heterocycles. The average Bonchev–Trinajstić information content (AvgIpc) is 2.38. The van der Waals surface area contributed by atoms with Gasteiger partial charge >= 0.3 is 5.97 Å². The number of carbonyl (C=O) groups excluding carboxylic acids is 2. The fourth-order valence-electron chi connectivity index (χ4n) is 1.68. The number of esters is 1. The molecule has 0 saturated heterocycles. The van der Waals surface area contributed by atoms with Gasteiger partial charge in [-0.05, 0) is 11.6 Å². The Morgan fingerprint density at radius 2 is 2.00 bits per heavy atom. The van der Waals surface area contributed by atoms with Gasteiger partial charge in [0.25, 0.3) is 0 Å². The Hall–Kier alpha value is -1.68. The summed E-state index contributed by atoms with van der Waals surface area (Å²) in [7, 11) is 2.93. The molecule has 0 spiro atoms. The normalized spacial score (nSPS) is 11.9. The summed E-state index contributed by atoms with van der Waals surface area (Å²) in [6.45, 7) is 2.15. The lowest BCUT2D eigenvalue weighted by molar-refractivity contribution is -0.144. The molecule has 0 amide bonds. The predicted molar refractivity (Wildman–Crippen MR) is 67.3 cm³/mol. The molecular weight excluding hydrogens is 232 g/mol. The second-order valence-corrected chi connectivity index (χ2v) is 4.18. The van der Waals surface area contributed by atoms with Crippen molar-refractivity contribution < 1.29 is 19.1 Å². The second-order valence-electron chi connectivity index (χ2n) is 4.18. The van der Waals surface area contributed by atoms with Gasteiger partial charge in [-0.1, -0.05) is 25.1 Å². The first-order valence-electron chi connectivity index (χ1n) is 5.77. The molecule has 1 aromatic rings. The summed E-state index contributed by atoms with van der Waals surface area (Å²) in [5, 5.41) is 0. The SMILES string of the molecule is COCc1cccc(C(=O)CC(C)C(=O)OC)c1. The lowest BCUT2D eigenvalue weighted by Gasteiger charge is -2.09. The number of carbonyl (C=O) groups is 2. The quantitative estimate of drug-likeness (QED) is 0.574. The van der Waals surface area contributed by atoms with E-state index in [9.17, 15) is 9.59 Å². The molecule has 0 bridgehead atoms. The number of hydrogen-bond donors (Lipinski definition) is 0. The van der Waals surface area contributed by atoms with Gasteiger partial charge < -0.3 is 9.47 Å². The molecule has 0 fully saturated rings. The molecule has 4 nitrogen and oxygen atoms in total. The summed E-state index contributed by atoms with van der Waals surface area (Å²) in [6, 6.07) is 7.23. The minimum atomic E-state index is -0.423. The highest BCUT2D eigenvalue weighted by Gasteiger charge is 2.18. The van der Waals surface area contributed by atoms with Gasteiger partial charge in [0.1, 0.15) is 0 Å². The minimum Gasteiger partial charge on any atom is -0.469 e. The number of methoxy groups -OCH3 is 2.